The monoisotopic (exact) mass is 449 g/mol. The standard InChI is InChI=1S/C30H27NO3/c1-22(26-19-11-17-23-16-9-10-18-27(23)26)31(29(32)20-30(33)34-2)21-28(24-12-5-3-6-13-24)25-14-7-4-8-15-25/h3-19,21-22H,20H2,1-2H3. The Morgan fingerprint density at radius 2 is 1.35 bits per heavy atom. The van der Waals surface area contributed by atoms with E-state index in [-0.39, 0.29) is 18.4 Å². The summed E-state index contributed by atoms with van der Waals surface area (Å²) in [7, 11) is 1.29. The SMILES string of the molecule is COC(=O)CC(=O)N(C=C(c1ccccc1)c1ccccc1)C(C)c1cccc2ccccc12. The van der Waals surface area contributed by atoms with Gasteiger partial charge >= 0.3 is 5.97 Å². The van der Waals surface area contributed by atoms with Crippen molar-refractivity contribution in [2.24, 2.45) is 0 Å². The van der Waals surface area contributed by atoms with Crippen LogP contribution in [0.25, 0.3) is 16.3 Å². The number of rotatable bonds is 7. The van der Waals surface area contributed by atoms with Crippen molar-refractivity contribution in [2.75, 3.05) is 7.11 Å². The number of esters is 1. The van der Waals surface area contributed by atoms with E-state index in [0.717, 1.165) is 33.0 Å². The number of fused-ring (bicyclic) bond motifs is 1. The van der Waals surface area contributed by atoms with Crippen molar-refractivity contribution in [1.82, 2.24) is 4.90 Å². The molecule has 0 fully saturated rings. The molecule has 1 amide bonds. The molecule has 0 aromatic heterocycles. The second-order valence-electron chi connectivity index (χ2n) is 8.07. The van der Waals surface area contributed by atoms with E-state index in [1.54, 1.807) is 4.90 Å². The number of hydrogen-bond donors (Lipinski definition) is 0. The molecule has 0 bridgehead atoms. The number of benzene rings is 4. The van der Waals surface area contributed by atoms with Crippen molar-refractivity contribution in [3.8, 4) is 0 Å². The third-order valence-corrected chi connectivity index (χ3v) is 5.94. The molecule has 0 aliphatic rings. The number of carbonyl (C=O) groups excluding carboxylic acids is 2. The summed E-state index contributed by atoms with van der Waals surface area (Å²) in [4.78, 5) is 27.1. The van der Waals surface area contributed by atoms with Gasteiger partial charge in [0, 0.05) is 11.8 Å². The van der Waals surface area contributed by atoms with Crippen LogP contribution in [-0.2, 0) is 14.3 Å². The van der Waals surface area contributed by atoms with Crippen molar-refractivity contribution >= 4 is 28.2 Å². The van der Waals surface area contributed by atoms with Crippen molar-refractivity contribution in [1.29, 1.82) is 0 Å². The Morgan fingerprint density at radius 3 is 1.97 bits per heavy atom. The summed E-state index contributed by atoms with van der Waals surface area (Å²) in [6.45, 7) is 1.99. The first-order valence-corrected chi connectivity index (χ1v) is 11.3. The highest BCUT2D eigenvalue weighted by Crippen LogP contribution is 2.32. The number of ether oxygens (including phenoxy) is 1. The highest BCUT2D eigenvalue weighted by atomic mass is 16.5. The van der Waals surface area contributed by atoms with E-state index in [0.29, 0.717) is 0 Å². The van der Waals surface area contributed by atoms with Gasteiger partial charge in [-0.2, -0.15) is 0 Å². The Kier molecular flexibility index (Phi) is 7.19. The highest BCUT2D eigenvalue weighted by molar-refractivity contribution is 5.96. The largest absolute Gasteiger partial charge is 0.469 e. The lowest BCUT2D eigenvalue weighted by molar-refractivity contribution is -0.146. The first kappa shape index (κ1) is 23.0. The van der Waals surface area contributed by atoms with Crippen LogP contribution in [0.1, 0.15) is 36.1 Å². The van der Waals surface area contributed by atoms with Crippen LogP contribution >= 0.6 is 0 Å². The van der Waals surface area contributed by atoms with Crippen LogP contribution in [0.2, 0.25) is 0 Å². The Bertz CT molecular complexity index is 1270. The fourth-order valence-electron chi connectivity index (χ4n) is 4.14. The average Bonchev–Trinajstić information content (AvgIpc) is 2.89. The molecule has 4 aromatic rings. The molecule has 0 heterocycles. The lowest BCUT2D eigenvalue weighted by Crippen LogP contribution is -2.31. The van der Waals surface area contributed by atoms with E-state index in [4.69, 9.17) is 4.74 Å². The molecule has 1 atom stereocenters. The Labute approximate surface area is 200 Å². The third-order valence-electron chi connectivity index (χ3n) is 5.94. The lowest BCUT2D eigenvalue weighted by Gasteiger charge is -2.28. The van der Waals surface area contributed by atoms with Crippen LogP contribution in [0.4, 0.5) is 0 Å². The molecule has 4 rings (SSSR count). The molecule has 0 spiro atoms. The summed E-state index contributed by atoms with van der Waals surface area (Å²) in [5.74, 6) is -0.883. The van der Waals surface area contributed by atoms with E-state index in [1.165, 1.54) is 7.11 Å². The number of amides is 1. The molecule has 4 nitrogen and oxygen atoms in total. The van der Waals surface area contributed by atoms with E-state index in [1.807, 2.05) is 98.1 Å². The zero-order valence-corrected chi connectivity index (χ0v) is 19.3. The van der Waals surface area contributed by atoms with Gasteiger partial charge in [0.25, 0.3) is 0 Å². The van der Waals surface area contributed by atoms with E-state index >= 15 is 0 Å². The lowest BCUT2D eigenvalue weighted by atomic mass is 9.96. The van der Waals surface area contributed by atoms with E-state index < -0.39 is 5.97 Å². The molecule has 1 unspecified atom stereocenters. The molecule has 0 aliphatic carbocycles. The van der Waals surface area contributed by atoms with Gasteiger partial charge in [-0.3, -0.25) is 9.59 Å². The fraction of sp³-hybridized carbons (Fsp3) is 0.133. The minimum absolute atomic E-state index is 0.314. The Hall–Kier alpha value is -4.18. The zero-order chi connectivity index (χ0) is 23.9. The van der Waals surface area contributed by atoms with Gasteiger partial charge in [-0.1, -0.05) is 103 Å². The predicted molar refractivity (Wildman–Crippen MR) is 136 cm³/mol. The van der Waals surface area contributed by atoms with Crippen molar-refractivity contribution < 1.29 is 14.3 Å². The van der Waals surface area contributed by atoms with Gasteiger partial charge in [-0.05, 0) is 34.4 Å². The number of hydrogen-bond acceptors (Lipinski definition) is 3. The molecule has 0 aliphatic heterocycles. The van der Waals surface area contributed by atoms with Crippen molar-refractivity contribution in [3.63, 3.8) is 0 Å². The summed E-state index contributed by atoms with van der Waals surface area (Å²) in [6.07, 6.45) is 1.53. The normalized spacial score (nSPS) is 11.5. The van der Waals surface area contributed by atoms with Gasteiger partial charge in [-0.15, -0.1) is 0 Å². The van der Waals surface area contributed by atoms with Crippen LogP contribution < -0.4 is 0 Å². The maximum atomic E-state index is 13.4. The second-order valence-corrected chi connectivity index (χ2v) is 8.07. The molecule has 4 heteroatoms. The molecule has 0 saturated carbocycles. The topological polar surface area (TPSA) is 46.6 Å². The number of nitrogens with zero attached hydrogens (tertiary/aromatic N) is 1. The van der Waals surface area contributed by atoms with Crippen LogP contribution in [0.3, 0.4) is 0 Å². The van der Waals surface area contributed by atoms with E-state index in [9.17, 15) is 9.59 Å². The van der Waals surface area contributed by atoms with Crippen LogP contribution in [0, 0.1) is 0 Å². The first-order chi connectivity index (χ1) is 16.6. The van der Waals surface area contributed by atoms with Crippen LogP contribution in [0.15, 0.2) is 109 Å². The second kappa shape index (κ2) is 10.6. The molecule has 34 heavy (non-hydrogen) atoms. The summed E-state index contributed by atoms with van der Waals surface area (Å²) >= 11 is 0. The molecule has 4 aromatic carbocycles. The Balaban J connectivity index is 1.87. The summed E-state index contributed by atoms with van der Waals surface area (Å²) in [5, 5.41) is 2.17. The minimum atomic E-state index is -0.561. The van der Waals surface area contributed by atoms with Crippen LogP contribution in [0.5, 0.6) is 0 Å². The number of carbonyl (C=O) groups is 2. The van der Waals surface area contributed by atoms with Gasteiger partial charge in [-0.25, -0.2) is 0 Å². The maximum absolute atomic E-state index is 13.4. The molecule has 0 saturated heterocycles. The highest BCUT2D eigenvalue weighted by Gasteiger charge is 2.25. The van der Waals surface area contributed by atoms with Crippen molar-refractivity contribution in [3.05, 3.63) is 126 Å². The molecule has 170 valence electrons. The Morgan fingerprint density at radius 1 is 0.794 bits per heavy atom. The fourth-order valence-corrected chi connectivity index (χ4v) is 4.14. The molecular formula is C30H27NO3. The third kappa shape index (κ3) is 5.07. The maximum Gasteiger partial charge on any atom is 0.315 e. The summed E-state index contributed by atoms with van der Waals surface area (Å²) < 4.78 is 4.79. The molecular weight excluding hydrogens is 422 g/mol. The average molecular weight is 450 g/mol. The molecule has 0 N–H and O–H groups in total. The van der Waals surface area contributed by atoms with Gasteiger partial charge < -0.3 is 9.64 Å². The van der Waals surface area contributed by atoms with Crippen LogP contribution in [-0.4, -0.2) is 23.9 Å². The first-order valence-electron chi connectivity index (χ1n) is 11.3. The van der Waals surface area contributed by atoms with Gasteiger partial charge in [0.05, 0.1) is 13.2 Å². The summed E-state index contributed by atoms with van der Waals surface area (Å²) in [5.41, 5.74) is 3.86. The predicted octanol–water partition coefficient (Wildman–Crippen LogP) is 6.38. The van der Waals surface area contributed by atoms with E-state index in [2.05, 4.69) is 18.2 Å². The summed E-state index contributed by atoms with van der Waals surface area (Å²) in [6, 6.07) is 33.8. The molecule has 0 radical (unpaired) electrons. The van der Waals surface area contributed by atoms with Gasteiger partial charge in [0.1, 0.15) is 6.42 Å². The van der Waals surface area contributed by atoms with Crippen molar-refractivity contribution in [2.45, 2.75) is 19.4 Å². The smallest absolute Gasteiger partial charge is 0.315 e. The van der Waals surface area contributed by atoms with Gasteiger partial charge in [0.15, 0.2) is 0 Å². The van der Waals surface area contributed by atoms with Gasteiger partial charge in [0.2, 0.25) is 5.91 Å². The number of methoxy groups -OCH3 is 1. The zero-order valence-electron chi connectivity index (χ0n) is 19.3. The quantitative estimate of drug-likeness (QED) is 0.243. The minimum Gasteiger partial charge on any atom is -0.469 e.